The van der Waals surface area contributed by atoms with Gasteiger partial charge in [0.2, 0.25) is 9.05 Å². The van der Waals surface area contributed by atoms with Gasteiger partial charge in [0.25, 0.3) is 5.69 Å². The highest BCUT2D eigenvalue weighted by molar-refractivity contribution is 8.14. The SMILES string of the molecule is Cc1cc([N+](=O)[O-])c(Cl)cc1SCCS(=O)(=O)Cl. The summed E-state index contributed by atoms with van der Waals surface area (Å²) in [6, 6.07) is 2.82. The van der Waals surface area contributed by atoms with Crippen LogP contribution in [0.1, 0.15) is 5.56 Å². The molecule has 1 aromatic rings. The molecule has 18 heavy (non-hydrogen) atoms. The van der Waals surface area contributed by atoms with E-state index in [4.69, 9.17) is 22.3 Å². The normalized spacial score (nSPS) is 11.5. The van der Waals surface area contributed by atoms with E-state index in [9.17, 15) is 18.5 Å². The maximum absolute atomic E-state index is 10.8. The topological polar surface area (TPSA) is 77.3 Å². The molecule has 0 bridgehead atoms. The van der Waals surface area contributed by atoms with Crippen LogP contribution < -0.4 is 0 Å². The molecule has 0 unspecified atom stereocenters. The maximum Gasteiger partial charge on any atom is 0.288 e. The molecule has 0 saturated heterocycles. The van der Waals surface area contributed by atoms with Crippen LogP contribution in [0.4, 0.5) is 5.69 Å². The summed E-state index contributed by atoms with van der Waals surface area (Å²) < 4.78 is 21.5. The van der Waals surface area contributed by atoms with Gasteiger partial charge < -0.3 is 0 Å². The Bertz CT molecular complexity index is 574. The van der Waals surface area contributed by atoms with Crippen molar-refractivity contribution in [1.29, 1.82) is 0 Å². The van der Waals surface area contributed by atoms with Crippen molar-refractivity contribution in [2.75, 3.05) is 11.5 Å². The molecule has 0 heterocycles. The van der Waals surface area contributed by atoms with Gasteiger partial charge in [-0.2, -0.15) is 0 Å². The van der Waals surface area contributed by atoms with Crippen LogP contribution in [-0.2, 0) is 9.05 Å². The zero-order valence-corrected chi connectivity index (χ0v) is 12.4. The van der Waals surface area contributed by atoms with Crippen LogP contribution in [0.2, 0.25) is 5.02 Å². The van der Waals surface area contributed by atoms with Crippen LogP contribution in [0, 0.1) is 17.0 Å². The molecular formula is C9H9Cl2NO4S2. The summed E-state index contributed by atoms with van der Waals surface area (Å²) in [5.74, 6) is 0.0914. The minimum Gasteiger partial charge on any atom is -0.258 e. The van der Waals surface area contributed by atoms with Gasteiger partial charge >= 0.3 is 0 Å². The minimum atomic E-state index is -3.53. The van der Waals surface area contributed by atoms with Crippen LogP contribution in [-0.4, -0.2) is 24.8 Å². The van der Waals surface area contributed by atoms with Crippen LogP contribution in [0.25, 0.3) is 0 Å². The number of thioether (sulfide) groups is 1. The Labute approximate surface area is 118 Å². The molecule has 0 aliphatic carbocycles. The average Bonchev–Trinajstić information content (AvgIpc) is 2.20. The number of hydrogen-bond acceptors (Lipinski definition) is 5. The first-order valence-electron chi connectivity index (χ1n) is 4.70. The molecule has 0 aliphatic heterocycles. The summed E-state index contributed by atoms with van der Waals surface area (Å²) in [5, 5.41) is 10.7. The van der Waals surface area contributed by atoms with Crippen molar-refractivity contribution in [3.63, 3.8) is 0 Å². The van der Waals surface area contributed by atoms with E-state index in [1.54, 1.807) is 6.92 Å². The lowest BCUT2D eigenvalue weighted by Crippen LogP contribution is -2.00. The van der Waals surface area contributed by atoms with Gasteiger partial charge in [-0.25, -0.2) is 8.42 Å². The van der Waals surface area contributed by atoms with Crippen LogP contribution >= 0.6 is 34.0 Å². The molecule has 5 nitrogen and oxygen atoms in total. The number of benzene rings is 1. The Kier molecular flexibility index (Phi) is 5.27. The van der Waals surface area contributed by atoms with E-state index in [1.807, 2.05) is 0 Å². The van der Waals surface area contributed by atoms with E-state index in [-0.39, 0.29) is 22.2 Å². The molecule has 0 aromatic heterocycles. The molecule has 100 valence electrons. The fourth-order valence-corrected chi connectivity index (χ4v) is 3.90. The summed E-state index contributed by atoms with van der Waals surface area (Å²) in [5.41, 5.74) is 0.506. The predicted octanol–water partition coefficient (Wildman–Crippen LogP) is 3.22. The summed E-state index contributed by atoms with van der Waals surface area (Å²) in [4.78, 5) is 10.8. The lowest BCUT2D eigenvalue weighted by molar-refractivity contribution is -0.384. The number of aryl methyl sites for hydroxylation is 1. The van der Waals surface area contributed by atoms with Crippen molar-refractivity contribution in [3.8, 4) is 0 Å². The fourth-order valence-electron chi connectivity index (χ4n) is 1.19. The molecule has 0 N–H and O–H groups in total. The maximum atomic E-state index is 10.8. The van der Waals surface area contributed by atoms with Gasteiger partial charge in [0.05, 0.1) is 10.7 Å². The van der Waals surface area contributed by atoms with Crippen LogP contribution in [0.5, 0.6) is 0 Å². The first-order chi connectivity index (χ1) is 8.20. The quantitative estimate of drug-likeness (QED) is 0.358. The number of nitro benzene ring substituents is 1. The van der Waals surface area contributed by atoms with Crippen molar-refractivity contribution in [2.24, 2.45) is 0 Å². The second-order valence-corrected chi connectivity index (χ2v) is 7.86. The summed E-state index contributed by atoms with van der Waals surface area (Å²) in [6.45, 7) is 1.70. The van der Waals surface area contributed by atoms with E-state index in [2.05, 4.69) is 0 Å². The number of rotatable bonds is 5. The molecule has 0 fully saturated rings. The van der Waals surface area contributed by atoms with Gasteiger partial charge in [-0.3, -0.25) is 10.1 Å². The Morgan fingerprint density at radius 2 is 2.06 bits per heavy atom. The molecule has 0 atom stereocenters. The van der Waals surface area contributed by atoms with Crippen molar-refractivity contribution >= 4 is 48.8 Å². The highest BCUT2D eigenvalue weighted by Gasteiger charge is 2.15. The monoisotopic (exact) mass is 329 g/mol. The molecule has 0 saturated carbocycles. The highest BCUT2D eigenvalue weighted by atomic mass is 35.7. The van der Waals surface area contributed by atoms with Gasteiger partial charge in [-0.05, 0) is 18.6 Å². The Hall–Kier alpha value is -0.500. The third-order valence-electron chi connectivity index (χ3n) is 2.03. The van der Waals surface area contributed by atoms with Crippen molar-refractivity contribution in [1.82, 2.24) is 0 Å². The summed E-state index contributed by atoms with van der Waals surface area (Å²) in [6.07, 6.45) is 0. The molecule has 1 rings (SSSR count). The predicted molar refractivity (Wildman–Crippen MR) is 73.2 cm³/mol. The van der Waals surface area contributed by atoms with E-state index in [1.165, 1.54) is 23.9 Å². The largest absolute Gasteiger partial charge is 0.288 e. The number of nitro groups is 1. The Balaban J connectivity index is 2.85. The zero-order valence-electron chi connectivity index (χ0n) is 9.22. The second-order valence-electron chi connectivity index (χ2n) is 3.42. The lowest BCUT2D eigenvalue weighted by atomic mass is 10.2. The van der Waals surface area contributed by atoms with E-state index >= 15 is 0 Å². The zero-order chi connectivity index (χ0) is 13.9. The van der Waals surface area contributed by atoms with Crippen LogP contribution in [0.15, 0.2) is 17.0 Å². The van der Waals surface area contributed by atoms with Crippen molar-refractivity contribution in [2.45, 2.75) is 11.8 Å². The lowest BCUT2D eigenvalue weighted by Gasteiger charge is -2.06. The van der Waals surface area contributed by atoms with E-state index < -0.39 is 14.0 Å². The molecule has 0 radical (unpaired) electrons. The van der Waals surface area contributed by atoms with E-state index in [0.29, 0.717) is 10.5 Å². The number of hydrogen-bond donors (Lipinski definition) is 0. The van der Waals surface area contributed by atoms with Crippen LogP contribution in [0.3, 0.4) is 0 Å². The van der Waals surface area contributed by atoms with E-state index in [0.717, 1.165) is 0 Å². The number of halogens is 2. The Morgan fingerprint density at radius 1 is 1.44 bits per heavy atom. The summed E-state index contributed by atoms with van der Waals surface area (Å²) >= 11 is 7.00. The summed E-state index contributed by atoms with van der Waals surface area (Å²) in [7, 11) is 1.55. The van der Waals surface area contributed by atoms with Gasteiger partial charge in [-0.1, -0.05) is 11.6 Å². The molecule has 0 spiro atoms. The third kappa shape index (κ3) is 4.64. The fraction of sp³-hybridized carbons (Fsp3) is 0.333. The van der Waals surface area contributed by atoms with Gasteiger partial charge in [0, 0.05) is 27.4 Å². The van der Waals surface area contributed by atoms with Crippen molar-refractivity contribution in [3.05, 3.63) is 32.8 Å². The average molecular weight is 330 g/mol. The molecule has 9 heteroatoms. The molecule has 0 aliphatic rings. The van der Waals surface area contributed by atoms with Gasteiger partial charge in [-0.15, -0.1) is 11.8 Å². The molecular weight excluding hydrogens is 321 g/mol. The standard InChI is InChI=1S/C9H9Cl2NO4S2/c1-6-4-8(12(13)14)7(10)5-9(6)17-2-3-18(11,15)16/h4-5H,2-3H2,1H3. The number of nitrogens with zero attached hydrogens (tertiary/aromatic N) is 1. The third-order valence-corrected chi connectivity index (χ3v) is 4.90. The first kappa shape index (κ1) is 15.6. The minimum absolute atomic E-state index is 0.0295. The Morgan fingerprint density at radius 3 is 2.56 bits per heavy atom. The molecule has 1 aromatic carbocycles. The smallest absolute Gasteiger partial charge is 0.258 e. The van der Waals surface area contributed by atoms with Gasteiger partial charge in [0.1, 0.15) is 5.02 Å². The first-order valence-corrected chi connectivity index (χ1v) is 8.54. The van der Waals surface area contributed by atoms with Crippen molar-refractivity contribution < 1.29 is 13.3 Å². The van der Waals surface area contributed by atoms with Gasteiger partial charge in [0.15, 0.2) is 0 Å². The highest BCUT2D eigenvalue weighted by Crippen LogP contribution is 2.32. The molecule has 0 amide bonds. The second kappa shape index (κ2) is 6.10.